The molecular weight excluding hydrogens is 522 g/mol. The number of anilines is 1. The molecule has 3 aromatic carbocycles. The van der Waals surface area contributed by atoms with E-state index in [1.54, 1.807) is 18.2 Å². The molecule has 1 unspecified atom stereocenters. The SMILES string of the molecule is Cc1cc(C)c2nc(N3C(=O)C(=O)C(=C(O)c4ccc5c(c4)OCCO5)C3c3ccc([N+](=O)[O-])cc3)sc2c1. The van der Waals surface area contributed by atoms with E-state index in [-0.39, 0.29) is 22.0 Å². The fourth-order valence-electron chi connectivity index (χ4n) is 4.93. The first-order valence-corrected chi connectivity index (χ1v) is 12.9. The van der Waals surface area contributed by atoms with Crippen molar-refractivity contribution < 1.29 is 29.1 Å². The molecule has 4 aromatic rings. The van der Waals surface area contributed by atoms with Crippen LogP contribution in [-0.4, -0.2) is 39.9 Å². The van der Waals surface area contributed by atoms with Gasteiger partial charge in [-0.3, -0.25) is 24.6 Å². The number of ether oxygens (including phenoxy) is 2. The lowest BCUT2D eigenvalue weighted by molar-refractivity contribution is -0.384. The van der Waals surface area contributed by atoms with Gasteiger partial charge in [-0.15, -0.1) is 0 Å². The van der Waals surface area contributed by atoms with Gasteiger partial charge in [-0.1, -0.05) is 17.4 Å². The molecule has 0 spiro atoms. The van der Waals surface area contributed by atoms with Crippen LogP contribution in [0.5, 0.6) is 11.5 Å². The Hall–Kier alpha value is -4.77. The van der Waals surface area contributed by atoms with Gasteiger partial charge in [0.25, 0.3) is 11.5 Å². The molecule has 11 heteroatoms. The molecule has 1 fully saturated rings. The van der Waals surface area contributed by atoms with E-state index in [9.17, 15) is 24.8 Å². The predicted molar refractivity (Wildman–Crippen MR) is 144 cm³/mol. The van der Waals surface area contributed by atoms with Gasteiger partial charge in [-0.25, -0.2) is 4.98 Å². The van der Waals surface area contributed by atoms with Crippen LogP contribution in [0.25, 0.3) is 16.0 Å². The highest BCUT2D eigenvalue weighted by Gasteiger charge is 2.48. The molecule has 196 valence electrons. The minimum atomic E-state index is -1.07. The van der Waals surface area contributed by atoms with Crippen molar-refractivity contribution in [1.29, 1.82) is 0 Å². The normalized spacial score (nSPS) is 18.1. The summed E-state index contributed by atoms with van der Waals surface area (Å²) >= 11 is 1.26. The smallest absolute Gasteiger partial charge is 0.301 e. The van der Waals surface area contributed by atoms with Crippen LogP contribution in [-0.2, 0) is 9.59 Å². The summed E-state index contributed by atoms with van der Waals surface area (Å²) in [5.74, 6) is -1.23. The van der Waals surface area contributed by atoms with Gasteiger partial charge in [0.15, 0.2) is 16.6 Å². The van der Waals surface area contributed by atoms with Crippen molar-refractivity contribution in [1.82, 2.24) is 4.98 Å². The third-order valence-electron chi connectivity index (χ3n) is 6.70. The van der Waals surface area contributed by atoms with Crippen LogP contribution in [0.15, 0.2) is 60.2 Å². The van der Waals surface area contributed by atoms with Gasteiger partial charge < -0.3 is 14.6 Å². The van der Waals surface area contributed by atoms with Crippen LogP contribution in [0.2, 0.25) is 0 Å². The van der Waals surface area contributed by atoms with Gasteiger partial charge in [0.2, 0.25) is 0 Å². The van der Waals surface area contributed by atoms with E-state index in [1.807, 2.05) is 26.0 Å². The van der Waals surface area contributed by atoms with E-state index in [0.29, 0.717) is 35.8 Å². The third-order valence-corrected chi connectivity index (χ3v) is 7.71. The molecule has 3 heterocycles. The lowest BCUT2D eigenvalue weighted by Gasteiger charge is -2.23. The fourth-order valence-corrected chi connectivity index (χ4v) is 6.10. The van der Waals surface area contributed by atoms with E-state index < -0.39 is 28.4 Å². The highest BCUT2D eigenvalue weighted by molar-refractivity contribution is 7.22. The van der Waals surface area contributed by atoms with Gasteiger partial charge in [-0.05, 0) is 66.9 Å². The number of fused-ring (bicyclic) bond motifs is 2. The molecule has 1 atom stereocenters. The lowest BCUT2D eigenvalue weighted by Crippen LogP contribution is -2.29. The van der Waals surface area contributed by atoms with E-state index in [4.69, 9.17) is 9.47 Å². The van der Waals surface area contributed by atoms with Crippen molar-refractivity contribution in [2.75, 3.05) is 18.1 Å². The third kappa shape index (κ3) is 4.07. The average Bonchev–Trinajstić information content (AvgIpc) is 3.46. The highest BCUT2D eigenvalue weighted by atomic mass is 32.1. The number of hydrogen-bond donors (Lipinski definition) is 1. The number of Topliss-reactive ketones (excluding diaryl/α,β-unsaturated/α-hetero) is 1. The van der Waals surface area contributed by atoms with E-state index in [1.165, 1.54) is 40.5 Å². The van der Waals surface area contributed by atoms with Crippen molar-refractivity contribution in [2.45, 2.75) is 19.9 Å². The molecule has 10 nitrogen and oxygen atoms in total. The Morgan fingerprint density at radius 1 is 1.05 bits per heavy atom. The molecule has 2 aliphatic heterocycles. The van der Waals surface area contributed by atoms with Gasteiger partial charge >= 0.3 is 5.91 Å². The molecule has 0 saturated carbocycles. The number of aromatic nitrogens is 1. The van der Waals surface area contributed by atoms with E-state index in [0.717, 1.165) is 15.8 Å². The van der Waals surface area contributed by atoms with Crippen LogP contribution in [0, 0.1) is 24.0 Å². The van der Waals surface area contributed by atoms with Crippen LogP contribution in [0.3, 0.4) is 0 Å². The first-order valence-electron chi connectivity index (χ1n) is 12.1. The number of carbonyl (C=O) groups is 2. The van der Waals surface area contributed by atoms with Crippen LogP contribution in [0.1, 0.15) is 28.3 Å². The number of benzene rings is 3. The summed E-state index contributed by atoms with van der Waals surface area (Å²) < 4.78 is 12.0. The zero-order valence-electron chi connectivity index (χ0n) is 20.8. The number of carbonyl (C=O) groups excluding carboxylic acids is 2. The number of aryl methyl sites for hydroxylation is 2. The number of thiazole rings is 1. The highest BCUT2D eigenvalue weighted by Crippen LogP contribution is 2.45. The summed E-state index contributed by atoms with van der Waals surface area (Å²) in [6.07, 6.45) is 0. The zero-order valence-corrected chi connectivity index (χ0v) is 21.7. The quantitative estimate of drug-likeness (QED) is 0.122. The van der Waals surface area contributed by atoms with Crippen LogP contribution in [0.4, 0.5) is 10.8 Å². The lowest BCUT2D eigenvalue weighted by atomic mass is 9.95. The Bertz CT molecular complexity index is 1730. The Morgan fingerprint density at radius 2 is 1.77 bits per heavy atom. The van der Waals surface area contributed by atoms with Crippen molar-refractivity contribution in [3.05, 3.63) is 92.5 Å². The standard InChI is InChI=1S/C28H21N3O7S/c1-14-11-15(2)23-21(12-14)39-28(29-23)30-24(16-3-6-18(7-4-16)31(35)36)22(26(33)27(30)34)25(32)17-5-8-19-20(13-17)38-10-9-37-19/h3-8,11-13,24,32H,9-10H2,1-2H3. The van der Waals surface area contributed by atoms with Crippen molar-refractivity contribution in [2.24, 2.45) is 0 Å². The predicted octanol–water partition coefficient (Wildman–Crippen LogP) is 5.22. The molecule has 1 saturated heterocycles. The molecule has 39 heavy (non-hydrogen) atoms. The number of amides is 1. The second-order valence-corrected chi connectivity index (χ2v) is 10.3. The number of hydrogen-bond acceptors (Lipinski definition) is 9. The number of nitro groups is 1. The van der Waals surface area contributed by atoms with Gasteiger partial charge in [-0.2, -0.15) is 0 Å². The summed E-state index contributed by atoms with van der Waals surface area (Å²) in [6, 6.07) is 13.2. The van der Waals surface area contributed by atoms with Gasteiger partial charge in [0.1, 0.15) is 19.0 Å². The summed E-state index contributed by atoms with van der Waals surface area (Å²) in [5.41, 5.74) is 3.03. The maximum Gasteiger partial charge on any atom is 0.301 e. The number of aliphatic hydroxyl groups excluding tert-OH is 1. The first-order chi connectivity index (χ1) is 18.7. The molecule has 0 aliphatic carbocycles. The second kappa shape index (κ2) is 9.21. The maximum atomic E-state index is 13.5. The van der Waals surface area contributed by atoms with Crippen LogP contribution >= 0.6 is 11.3 Å². The molecule has 1 N–H and O–H groups in total. The molecule has 0 bridgehead atoms. The molecule has 1 aromatic heterocycles. The number of aliphatic hydroxyl groups is 1. The van der Waals surface area contributed by atoms with E-state index in [2.05, 4.69) is 4.98 Å². The van der Waals surface area contributed by atoms with Crippen molar-refractivity contribution in [3.63, 3.8) is 0 Å². The molecule has 2 aliphatic rings. The Balaban J connectivity index is 1.55. The summed E-state index contributed by atoms with van der Waals surface area (Å²) in [4.78, 5) is 43.7. The molecular formula is C28H21N3O7S. The minimum Gasteiger partial charge on any atom is -0.507 e. The maximum absolute atomic E-state index is 13.5. The number of non-ortho nitro benzene ring substituents is 1. The number of nitro benzene ring substituents is 1. The number of ketones is 1. The fraction of sp³-hybridized carbons (Fsp3) is 0.179. The zero-order chi connectivity index (χ0) is 27.4. The summed E-state index contributed by atoms with van der Waals surface area (Å²) in [7, 11) is 0. The van der Waals surface area contributed by atoms with Crippen LogP contribution < -0.4 is 14.4 Å². The number of rotatable bonds is 4. The molecule has 1 amide bonds. The number of nitrogens with zero attached hydrogens (tertiary/aromatic N) is 3. The minimum absolute atomic E-state index is 0.145. The monoisotopic (exact) mass is 543 g/mol. The molecule has 6 rings (SSSR count). The Labute approximate surface area is 225 Å². The summed E-state index contributed by atoms with van der Waals surface area (Å²) in [5, 5.41) is 23.0. The van der Waals surface area contributed by atoms with Crippen molar-refractivity contribution in [3.8, 4) is 11.5 Å². The van der Waals surface area contributed by atoms with E-state index >= 15 is 0 Å². The average molecular weight is 544 g/mol. The van der Waals surface area contributed by atoms with Gasteiger partial charge in [0, 0.05) is 17.7 Å². The topological polar surface area (TPSA) is 132 Å². The summed E-state index contributed by atoms with van der Waals surface area (Å²) in [6.45, 7) is 4.61. The second-order valence-electron chi connectivity index (χ2n) is 9.30. The molecule has 0 radical (unpaired) electrons. The first kappa shape index (κ1) is 24.6. The van der Waals surface area contributed by atoms with Crippen molar-refractivity contribution >= 4 is 49.8 Å². The largest absolute Gasteiger partial charge is 0.507 e. The van der Waals surface area contributed by atoms with Gasteiger partial charge in [0.05, 0.1) is 26.8 Å². The Kier molecular flexibility index (Phi) is 5.80. The Morgan fingerprint density at radius 3 is 2.49 bits per heavy atom.